The van der Waals surface area contributed by atoms with Crippen LogP contribution in [0.25, 0.3) is 22.3 Å². The summed E-state index contributed by atoms with van der Waals surface area (Å²) in [5, 5.41) is 9.66. The molecule has 0 bridgehead atoms. The van der Waals surface area contributed by atoms with Crippen LogP contribution in [0.3, 0.4) is 0 Å². The smallest absolute Gasteiger partial charge is 0.264 e. The number of ether oxygens (including phenoxy) is 1. The summed E-state index contributed by atoms with van der Waals surface area (Å²) < 4.78 is 33.7. The highest BCUT2D eigenvalue weighted by Gasteiger charge is 2.16. The molecule has 0 saturated heterocycles. The van der Waals surface area contributed by atoms with Crippen molar-refractivity contribution < 1.29 is 18.3 Å². The number of fused-ring (bicyclic) bond motifs is 1. The summed E-state index contributed by atoms with van der Waals surface area (Å²) >= 11 is 1.17. The van der Waals surface area contributed by atoms with Gasteiger partial charge in [0.1, 0.15) is 0 Å². The van der Waals surface area contributed by atoms with E-state index < -0.39 is 17.5 Å². The molecule has 0 fully saturated rings. The van der Waals surface area contributed by atoms with Crippen LogP contribution in [-0.4, -0.2) is 32.3 Å². The third-order valence-electron chi connectivity index (χ3n) is 4.39. The van der Waals surface area contributed by atoms with E-state index in [0.29, 0.717) is 27.9 Å². The molecule has 0 aliphatic heterocycles. The van der Waals surface area contributed by atoms with Gasteiger partial charge < -0.3 is 4.74 Å². The largest absolute Gasteiger partial charge is 0.466 e. The Morgan fingerprint density at radius 1 is 1.20 bits per heavy atom. The highest BCUT2D eigenvalue weighted by molar-refractivity contribution is 7.14. The minimum atomic E-state index is -0.956. The number of pyridine rings is 1. The number of benzene rings is 1. The fourth-order valence-corrected chi connectivity index (χ4v) is 3.79. The van der Waals surface area contributed by atoms with Crippen molar-refractivity contribution in [3.63, 3.8) is 0 Å². The van der Waals surface area contributed by atoms with Gasteiger partial charge in [-0.15, -0.1) is 16.4 Å². The van der Waals surface area contributed by atoms with Crippen molar-refractivity contribution in [1.29, 1.82) is 0 Å². The molecule has 0 atom stereocenters. The maximum absolute atomic E-state index is 13.4. The number of hydrogen-bond acceptors (Lipinski definition) is 6. The first-order valence-electron chi connectivity index (χ1n) is 8.96. The number of halogens is 2. The fraction of sp³-hybridized carbons (Fsp3) is 0.200. The molecule has 0 unspecified atom stereocenters. The van der Waals surface area contributed by atoms with E-state index in [4.69, 9.17) is 4.74 Å². The molecule has 10 heteroatoms. The van der Waals surface area contributed by atoms with Crippen molar-refractivity contribution in [3.8, 4) is 17.1 Å². The van der Waals surface area contributed by atoms with Gasteiger partial charge in [0.05, 0.1) is 11.1 Å². The number of aromatic nitrogens is 4. The van der Waals surface area contributed by atoms with Crippen molar-refractivity contribution in [1.82, 2.24) is 19.7 Å². The normalized spacial score (nSPS) is 11.1. The van der Waals surface area contributed by atoms with E-state index in [0.717, 1.165) is 28.8 Å². The molecule has 0 aliphatic carbocycles. The Labute approximate surface area is 174 Å². The van der Waals surface area contributed by atoms with Gasteiger partial charge in [-0.2, -0.15) is 0 Å². The van der Waals surface area contributed by atoms with Crippen molar-refractivity contribution in [2.24, 2.45) is 7.05 Å². The summed E-state index contributed by atoms with van der Waals surface area (Å²) in [6, 6.07) is 5.44. The number of anilines is 1. The fourth-order valence-electron chi connectivity index (χ4n) is 3.06. The number of thiazole rings is 1. The monoisotopic (exact) mass is 429 g/mol. The number of aryl methyl sites for hydroxylation is 3. The van der Waals surface area contributed by atoms with Gasteiger partial charge in [-0.05, 0) is 43.7 Å². The molecule has 0 aliphatic rings. The zero-order chi connectivity index (χ0) is 21.4. The van der Waals surface area contributed by atoms with Crippen LogP contribution in [-0.2, 0) is 11.8 Å². The van der Waals surface area contributed by atoms with E-state index in [1.807, 2.05) is 19.9 Å². The van der Waals surface area contributed by atoms with E-state index in [1.54, 1.807) is 17.1 Å². The second-order valence-electron chi connectivity index (χ2n) is 6.71. The van der Waals surface area contributed by atoms with Gasteiger partial charge in [0.2, 0.25) is 5.88 Å². The van der Waals surface area contributed by atoms with Gasteiger partial charge in [-0.3, -0.25) is 10.1 Å². The SMILES string of the molecule is Cc1cc(C)c2c(OCC(=O)Nc3nc(-c4ccc(F)c(F)c4)cs3)nn(C)c2n1. The van der Waals surface area contributed by atoms with Crippen LogP contribution in [0, 0.1) is 25.5 Å². The summed E-state index contributed by atoms with van der Waals surface area (Å²) in [5.41, 5.74) is 3.35. The third kappa shape index (κ3) is 3.86. The first-order valence-corrected chi connectivity index (χ1v) is 9.84. The lowest BCUT2D eigenvalue weighted by Crippen LogP contribution is -2.20. The number of carbonyl (C=O) groups is 1. The van der Waals surface area contributed by atoms with E-state index in [9.17, 15) is 13.6 Å². The summed E-state index contributed by atoms with van der Waals surface area (Å²) in [7, 11) is 1.76. The minimum absolute atomic E-state index is 0.264. The quantitative estimate of drug-likeness (QED) is 0.519. The van der Waals surface area contributed by atoms with Gasteiger partial charge in [-0.1, -0.05) is 0 Å². The Balaban J connectivity index is 1.44. The molecule has 154 valence electrons. The zero-order valence-corrected chi connectivity index (χ0v) is 17.2. The Hall–Kier alpha value is -3.40. The van der Waals surface area contributed by atoms with Crippen molar-refractivity contribution in [2.45, 2.75) is 13.8 Å². The van der Waals surface area contributed by atoms with Gasteiger partial charge in [0.25, 0.3) is 5.91 Å². The molecule has 4 aromatic rings. The second kappa shape index (κ2) is 7.79. The lowest BCUT2D eigenvalue weighted by Gasteiger charge is -2.05. The molecule has 1 N–H and O–H groups in total. The van der Waals surface area contributed by atoms with Crippen LogP contribution in [0.2, 0.25) is 0 Å². The summed E-state index contributed by atoms with van der Waals surface area (Å²) in [4.78, 5) is 21.0. The summed E-state index contributed by atoms with van der Waals surface area (Å²) in [6.45, 7) is 3.57. The topological polar surface area (TPSA) is 81.9 Å². The Morgan fingerprint density at radius 2 is 2.00 bits per heavy atom. The number of carbonyl (C=O) groups excluding carboxylic acids is 1. The molecular formula is C20H17F2N5O2S. The van der Waals surface area contributed by atoms with E-state index in [-0.39, 0.29) is 6.61 Å². The van der Waals surface area contributed by atoms with Crippen molar-refractivity contribution in [2.75, 3.05) is 11.9 Å². The first kappa shape index (κ1) is 19.9. The molecule has 3 aromatic heterocycles. The molecule has 0 saturated carbocycles. The highest BCUT2D eigenvalue weighted by atomic mass is 32.1. The Kier molecular flexibility index (Phi) is 5.17. The van der Waals surface area contributed by atoms with Gasteiger partial charge in [0.15, 0.2) is 29.0 Å². The minimum Gasteiger partial charge on any atom is -0.466 e. The van der Waals surface area contributed by atoms with Crippen LogP contribution in [0.4, 0.5) is 13.9 Å². The third-order valence-corrected chi connectivity index (χ3v) is 5.15. The molecule has 0 spiro atoms. The Bertz CT molecular complexity index is 1270. The molecule has 1 aromatic carbocycles. The highest BCUT2D eigenvalue weighted by Crippen LogP contribution is 2.28. The number of nitrogens with one attached hydrogen (secondary N) is 1. The molecule has 0 radical (unpaired) electrons. The average molecular weight is 429 g/mol. The number of nitrogens with zero attached hydrogens (tertiary/aromatic N) is 4. The molecular weight excluding hydrogens is 412 g/mol. The average Bonchev–Trinajstić information content (AvgIpc) is 3.27. The number of hydrogen-bond donors (Lipinski definition) is 1. The predicted octanol–water partition coefficient (Wildman–Crippen LogP) is 4.00. The van der Waals surface area contributed by atoms with Crippen molar-refractivity contribution in [3.05, 3.63) is 52.5 Å². The Morgan fingerprint density at radius 3 is 2.77 bits per heavy atom. The standard InChI is InChI=1S/C20H17F2N5O2S/c1-10-6-11(2)23-18-17(10)19(26-27(18)3)29-8-16(28)25-20-24-15(9-30-20)12-4-5-13(21)14(22)7-12/h4-7,9H,8H2,1-3H3,(H,24,25,28). The molecule has 4 rings (SSSR count). The molecule has 7 nitrogen and oxygen atoms in total. The summed E-state index contributed by atoms with van der Waals surface area (Å²) in [6.07, 6.45) is 0. The molecule has 1 amide bonds. The van der Waals surface area contributed by atoms with Crippen LogP contribution < -0.4 is 10.1 Å². The maximum Gasteiger partial charge on any atom is 0.264 e. The number of amides is 1. The van der Waals surface area contributed by atoms with Gasteiger partial charge in [0, 0.05) is 23.7 Å². The van der Waals surface area contributed by atoms with Crippen LogP contribution in [0.1, 0.15) is 11.3 Å². The van der Waals surface area contributed by atoms with E-state index >= 15 is 0 Å². The first-order chi connectivity index (χ1) is 14.3. The van der Waals surface area contributed by atoms with Gasteiger partial charge in [-0.25, -0.2) is 23.4 Å². The van der Waals surface area contributed by atoms with E-state index in [1.165, 1.54) is 17.4 Å². The van der Waals surface area contributed by atoms with Crippen molar-refractivity contribution >= 4 is 33.4 Å². The van der Waals surface area contributed by atoms with E-state index in [2.05, 4.69) is 20.4 Å². The van der Waals surface area contributed by atoms with Crippen LogP contribution >= 0.6 is 11.3 Å². The molecule has 3 heterocycles. The van der Waals surface area contributed by atoms with Crippen LogP contribution in [0.15, 0.2) is 29.6 Å². The predicted molar refractivity (Wildman–Crippen MR) is 110 cm³/mol. The molecule has 30 heavy (non-hydrogen) atoms. The second-order valence-corrected chi connectivity index (χ2v) is 7.57. The van der Waals surface area contributed by atoms with Crippen LogP contribution in [0.5, 0.6) is 5.88 Å². The number of rotatable bonds is 5. The lowest BCUT2D eigenvalue weighted by molar-refractivity contribution is -0.118. The lowest BCUT2D eigenvalue weighted by atomic mass is 10.2. The van der Waals surface area contributed by atoms with Gasteiger partial charge >= 0.3 is 0 Å². The summed E-state index contributed by atoms with van der Waals surface area (Å²) in [5.74, 6) is -1.98. The maximum atomic E-state index is 13.4. The zero-order valence-electron chi connectivity index (χ0n) is 16.4.